The molecule has 3 rings (SSSR count). The van der Waals surface area contributed by atoms with E-state index in [0.717, 1.165) is 6.42 Å². The number of hydrogen-bond donors (Lipinski definition) is 0. The van der Waals surface area contributed by atoms with Gasteiger partial charge in [-0.1, -0.05) is 30.7 Å². The first-order valence-corrected chi connectivity index (χ1v) is 9.49. The van der Waals surface area contributed by atoms with E-state index in [9.17, 15) is 14.4 Å². The zero-order valence-corrected chi connectivity index (χ0v) is 15.7. The van der Waals surface area contributed by atoms with Gasteiger partial charge in [-0.2, -0.15) is 0 Å². The van der Waals surface area contributed by atoms with E-state index < -0.39 is 0 Å². The Morgan fingerprint density at radius 1 is 1.12 bits per heavy atom. The molecule has 0 saturated carbocycles. The van der Waals surface area contributed by atoms with Gasteiger partial charge in [0.2, 0.25) is 11.8 Å². The summed E-state index contributed by atoms with van der Waals surface area (Å²) in [6.45, 7) is 5.20. The highest BCUT2D eigenvalue weighted by Gasteiger charge is 2.37. The predicted molar refractivity (Wildman–Crippen MR) is 98.9 cm³/mol. The Morgan fingerprint density at radius 2 is 1.77 bits per heavy atom. The molecule has 2 fully saturated rings. The molecule has 0 bridgehead atoms. The molecule has 1 aromatic rings. The van der Waals surface area contributed by atoms with Gasteiger partial charge in [0.25, 0.3) is 5.91 Å². The monoisotopic (exact) mass is 377 g/mol. The number of nitrogens with zero attached hydrogens (tertiary/aromatic N) is 3. The van der Waals surface area contributed by atoms with Crippen LogP contribution in [0, 0.1) is 5.92 Å². The minimum atomic E-state index is -0.250. The third kappa shape index (κ3) is 3.85. The van der Waals surface area contributed by atoms with Crippen LogP contribution in [0.5, 0.6) is 0 Å². The van der Waals surface area contributed by atoms with Crippen molar-refractivity contribution in [2.45, 2.75) is 19.8 Å². The van der Waals surface area contributed by atoms with Gasteiger partial charge in [-0.25, -0.2) is 0 Å². The summed E-state index contributed by atoms with van der Waals surface area (Å²) in [6.07, 6.45) is 1.20. The van der Waals surface area contributed by atoms with Gasteiger partial charge < -0.3 is 14.7 Å². The van der Waals surface area contributed by atoms with Gasteiger partial charge in [0.1, 0.15) is 0 Å². The van der Waals surface area contributed by atoms with Crippen molar-refractivity contribution in [2.24, 2.45) is 5.92 Å². The maximum atomic E-state index is 12.7. The Bertz CT molecular complexity index is 701. The number of halogens is 1. The molecule has 0 aromatic heterocycles. The molecule has 1 atom stereocenters. The smallest absolute Gasteiger partial charge is 0.255 e. The molecule has 2 heterocycles. The standard InChI is InChI=1S/C19H24ClN3O3/c1-2-7-23-13-14(12-17(23)24)18(25)21-8-10-22(11-9-21)19(26)15-5-3-4-6-16(15)20/h3-6,14H,2,7-13H2,1H3. The summed E-state index contributed by atoms with van der Waals surface area (Å²) in [5.74, 6) is -0.257. The normalized spacial score (nSPS) is 20.6. The van der Waals surface area contributed by atoms with Crippen LogP contribution in [0.2, 0.25) is 5.02 Å². The summed E-state index contributed by atoms with van der Waals surface area (Å²) in [5.41, 5.74) is 0.491. The third-order valence-electron chi connectivity index (χ3n) is 5.04. The molecule has 0 N–H and O–H groups in total. The first-order valence-electron chi connectivity index (χ1n) is 9.11. The molecular weight excluding hydrogens is 354 g/mol. The second-order valence-electron chi connectivity index (χ2n) is 6.84. The molecular formula is C19H24ClN3O3. The highest BCUT2D eigenvalue weighted by atomic mass is 35.5. The largest absolute Gasteiger partial charge is 0.342 e. The summed E-state index contributed by atoms with van der Waals surface area (Å²) in [5, 5.41) is 0.441. The maximum Gasteiger partial charge on any atom is 0.255 e. The van der Waals surface area contributed by atoms with Crippen molar-refractivity contribution in [1.29, 1.82) is 0 Å². The van der Waals surface area contributed by atoms with E-state index in [1.54, 1.807) is 39.0 Å². The summed E-state index contributed by atoms with van der Waals surface area (Å²) in [7, 11) is 0. The third-order valence-corrected chi connectivity index (χ3v) is 5.37. The summed E-state index contributed by atoms with van der Waals surface area (Å²) in [4.78, 5) is 42.6. The van der Waals surface area contributed by atoms with E-state index in [2.05, 4.69) is 0 Å². The minimum Gasteiger partial charge on any atom is -0.342 e. The van der Waals surface area contributed by atoms with E-state index in [1.165, 1.54) is 0 Å². The lowest BCUT2D eigenvalue weighted by molar-refractivity contribution is -0.137. The van der Waals surface area contributed by atoms with E-state index in [0.29, 0.717) is 56.3 Å². The second-order valence-corrected chi connectivity index (χ2v) is 7.25. The van der Waals surface area contributed by atoms with E-state index >= 15 is 0 Å². The van der Waals surface area contributed by atoms with Crippen molar-refractivity contribution in [1.82, 2.24) is 14.7 Å². The van der Waals surface area contributed by atoms with Crippen LogP contribution in [0.1, 0.15) is 30.1 Å². The SMILES string of the molecule is CCCN1CC(C(=O)N2CCN(C(=O)c3ccccc3Cl)CC2)CC1=O. The molecule has 0 radical (unpaired) electrons. The quantitative estimate of drug-likeness (QED) is 0.805. The number of rotatable bonds is 4. The number of carbonyl (C=O) groups is 3. The fourth-order valence-corrected chi connectivity index (χ4v) is 3.83. The van der Waals surface area contributed by atoms with Gasteiger partial charge in [-0.15, -0.1) is 0 Å². The Kier molecular flexibility index (Phi) is 5.81. The summed E-state index contributed by atoms with van der Waals surface area (Å²) in [6, 6.07) is 7.00. The van der Waals surface area contributed by atoms with E-state index in [1.807, 2.05) is 6.92 Å². The van der Waals surface area contributed by atoms with E-state index in [4.69, 9.17) is 11.6 Å². The van der Waals surface area contributed by atoms with Gasteiger partial charge in [0.15, 0.2) is 0 Å². The van der Waals surface area contributed by atoms with Gasteiger partial charge in [-0.05, 0) is 18.6 Å². The first kappa shape index (κ1) is 18.7. The fraction of sp³-hybridized carbons (Fsp3) is 0.526. The summed E-state index contributed by atoms with van der Waals surface area (Å²) < 4.78 is 0. The Hall–Kier alpha value is -2.08. The molecule has 140 valence electrons. The van der Waals surface area contributed by atoms with E-state index in [-0.39, 0.29) is 23.6 Å². The lowest BCUT2D eigenvalue weighted by Crippen LogP contribution is -2.52. The number of benzene rings is 1. The molecule has 2 aliphatic rings. The lowest BCUT2D eigenvalue weighted by Gasteiger charge is -2.36. The molecule has 2 aliphatic heterocycles. The zero-order valence-electron chi connectivity index (χ0n) is 15.0. The Labute approximate surface area is 158 Å². The van der Waals surface area contributed by atoms with Crippen molar-refractivity contribution in [2.75, 3.05) is 39.3 Å². The number of likely N-dealkylation sites (tertiary alicyclic amines) is 1. The molecule has 0 spiro atoms. The van der Waals surface area contributed by atoms with Crippen LogP contribution >= 0.6 is 11.6 Å². The van der Waals surface area contributed by atoms with Crippen molar-refractivity contribution >= 4 is 29.3 Å². The summed E-state index contributed by atoms with van der Waals surface area (Å²) >= 11 is 6.11. The number of carbonyl (C=O) groups excluding carboxylic acids is 3. The molecule has 1 aromatic carbocycles. The number of hydrogen-bond acceptors (Lipinski definition) is 3. The van der Waals surface area contributed by atoms with Gasteiger partial charge in [0, 0.05) is 45.7 Å². The van der Waals surface area contributed by atoms with Crippen LogP contribution in [0.25, 0.3) is 0 Å². The Morgan fingerprint density at radius 3 is 2.42 bits per heavy atom. The van der Waals surface area contributed by atoms with Gasteiger partial charge in [0.05, 0.1) is 16.5 Å². The zero-order chi connectivity index (χ0) is 18.7. The Balaban J connectivity index is 1.55. The highest BCUT2D eigenvalue weighted by molar-refractivity contribution is 6.33. The van der Waals surface area contributed by atoms with Crippen LogP contribution in [-0.4, -0.2) is 71.7 Å². The van der Waals surface area contributed by atoms with Crippen molar-refractivity contribution in [3.05, 3.63) is 34.9 Å². The van der Waals surface area contributed by atoms with Crippen LogP contribution in [0.4, 0.5) is 0 Å². The fourth-order valence-electron chi connectivity index (χ4n) is 3.62. The van der Waals surface area contributed by atoms with Crippen LogP contribution in [0.15, 0.2) is 24.3 Å². The average Bonchev–Trinajstić information content (AvgIpc) is 3.02. The molecule has 1 unspecified atom stereocenters. The lowest BCUT2D eigenvalue weighted by atomic mass is 10.1. The first-order chi connectivity index (χ1) is 12.5. The molecule has 7 heteroatoms. The van der Waals surface area contributed by atoms with Crippen LogP contribution in [0.3, 0.4) is 0 Å². The molecule has 26 heavy (non-hydrogen) atoms. The predicted octanol–water partition coefficient (Wildman–Crippen LogP) is 1.88. The average molecular weight is 378 g/mol. The highest BCUT2D eigenvalue weighted by Crippen LogP contribution is 2.22. The van der Waals surface area contributed by atoms with Crippen molar-refractivity contribution in [3.63, 3.8) is 0 Å². The van der Waals surface area contributed by atoms with Crippen molar-refractivity contribution in [3.8, 4) is 0 Å². The van der Waals surface area contributed by atoms with Crippen molar-refractivity contribution < 1.29 is 14.4 Å². The molecule has 3 amide bonds. The van der Waals surface area contributed by atoms with Crippen LogP contribution in [-0.2, 0) is 9.59 Å². The van der Waals surface area contributed by atoms with Crippen LogP contribution < -0.4 is 0 Å². The molecule has 0 aliphatic carbocycles. The van der Waals surface area contributed by atoms with Gasteiger partial charge in [-0.3, -0.25) is 14.4 Å². The topological polar surface area (TPSA) is 60.9 Å². The number of piperazine rings is 1. The van der Waals surface area contributed by atoms with Gasteiger partial charge >= 0.3 is 0 Å². The number of amides is 3. The maximum absolute atomic E-state index is 12.7. The molecule has 6 nitrogen and oxygen atoms in total. The second kappa shape index (κ2) is 8.08. The molecule has 2 saturated heterocycles. The minimum absolute atomic E-state index is 0.0294.